The molecule has 0 aliphatic rings. The van der Waals surface area contributed by atoms with Gasteiger partial charge in [0, 0.05) is 7.05 Å². The highest BCUT2D eigenvalue weighted by atomic mass is 127. The van der Waals surface area contributed by atoms with E-state index in [-0.39, 0.29) is 17.7 Å². The van der Waals surface area contributed by atoms with Gasteiger partial charge < -0.3 is 0 Å². The first-order chi connectivity index (χ1) is 11.0. The Labute approximate surface area is 144 Å². The molecular formula is C14H12FIN6O. The quantitative estimate of drug-likeness (QED) is 0.649. The van der Waals surface area contributed by atoms with Crippen molar-refractivity contribution in [2.75, 3.05) is 5.32 Å². The van der Waals surface area contributed by atoms with Gasteiger partial charge in [-0.2, -0.15) is 5.10 Å². The number of aryl methyl sites for hydroxylation is 1. The summed E-state index contributed by atoms with van der Waals surface area (Å²) in [6.07, 6.45) is 3.08. The van der Waals surface area contributed by atoms with Crippen LogP contribution in [-0.2, 0) is 13.6 Å². The van der Waals surface area contributed by atoms with Gasteiger partial charge in [0.05, 0.1) is 16.3 Å². The van der Waals surface area contributed by atoms with E-state index in [0.717, 1.165) is 9.13 Å². The Hall–Kier alpha value is -2.30. The lowest BCUT2D eigenvalue weighted by atomic mass is 10.2. The minimum atomic E-state index is -0.335. The second kappa shape index (κ2) is 6.44. The predicted octanol–water partition coefficient (Wildman–Crippen LogP) is 2.06. The third-order valence-corrected chi connectivity index (χ3v) is 3.89. The molecule has 2 aromatic heterocycles. The first-order valence-electron chi connectivity index (χ1n) is 6.65. The summed E-state index contributed by atoms with van der Waals surface area (Å²) in [5.41, 5.74) is 1.20. The van der Waals surface area contributed by atoms with Crippen LogP contribution >= 0.6 is 22.6 Å². The van der Waals surface area contributed by atoms with Crippen molar-refractivity contribution in [1.29, 1.82) is 0 Å². The molecule has 1 aromatic carbocycles. The largest absolute Gasteiger partial charge is 0.288 e. The number of amides is 1. The van der Waals surface area contributed by atoms with E-state index in [4.69, 9.17) is 0 Å². The predicted molar refractivity (Wildman–Crippen MR) is 89.4 cm³/mol. The first-order valence-corrected chi connectivity index (χ1v) is 7.73. The molecule has 0 bridgehead atoms. The van der Waals surface area contributed by atoms with E-state index >= 15 is 0 Å². The topological polar surface area (TPSA) is 77.6 Å². The number of carbonyl (C=O) groups is 1. The Morgan fingerprint density at radius 3 is 2.96 bits per heavy atom. The number of carbonyl (C=O) groups excluding carboxylic acids is 1. The molecule has 3 rings (SSSR count). The fraction of sp³-hybridized carbons (Fsp3) is 0.143. The zero-order chi connectivity index (χ0) is 16.4. The maximum absolute atomic E-state index is 13.2. The summed E-state index contributed by atoms with van der Waals surface area (Å²) in [5.74, 6) is -0.455. The van der Waals surface area contributed by atoms with E-state index in [2.05, 4.69) is 20.5 Å². The van der Waals surface area contributed by atoms with Crippen molar-refractivity contribution < 1.29 is 9.18 Å². The van der Waals surface area contributed by atoms with Gasteiger partial charge in [0.15, 0.2) is 0 Å². The minimum Gasteiger partial charge on any atom is -0.288 e. The van der Waals surface area contributed by atoms with Crippen LogP contribution in [0.15, 0.2) is 36.8 Å². The molecule has 0 unspecified atom stereocenters. The number of anilines is 1. The third kappa shape index (κ3) is 3.55. The molecule has 118 valence electrons. The Morgan fingerprint density at radius 2 is 2.26 bits per heavy atom. The number of halogens is 2. The number of hydrogen-bond donors (Lipinski definition) is 1. The summed E-state index contributed by atoms with van der Waals surface area (Å²) in [4.78, 5) is 16.3. The van der Waals surface area contributed by atoms with Crippen molar-refractivity contribution in [3.63, 3.8) is 0 Å². The van der Waals surface area contributed by atoms with E-state index in [0.29, 0.717) is 12.2 Å². The molecule has 9 heteroatoms. The van der Waals surface area contributed by atoms with Crippen LogP contribution in [0, 0.1) is 9.39 Å². The first kappa shape index (κ1) is 15.6. The fourth-order valence-corrected chi connectivity index (χ4v) is 2.80. The van der Waals surface area contributed by atoms with Gasteiger partial charge in [-0.05, 0) is 40.3 Å². The lowest BCUT2D eigenvalue weighted by molar-refractivity contribution is 0.101. The van der Waals surface area contributed by atoms with Crippen molar-refractivity contribution in [3.05, 3.63) is 57.4 Å². The van der Waals surface area contributed by atoms with Gasteiger partial charge in [-0.15, -0.1) is 5.10 Å². The third-order valence-electron chi connectivity index (χ3n) is 3.10. The maximum atomic E-state index is 13.2. The van der Waals surface area contributed by atoms with Crippen LogP contribution in [0.4, 0.5) is 10.3 Å². The van der Waals surface area contributed by atoms with E-state index in [9.17, 15) is 9.18 Å². The zero-order valence-electron chi connectivity index (χ0n) is 12.1. The van der Waals surface area contributed by atoms with E-state index in [1.54, 1.807) is 25.4 Å². The Morgan fingerprint density at radius 1 is 1.43 bits per heavy atom. The SMILES string of the molecule is Cn1ncc(I)c1C(=O)Nc1ncn(Cc2cccc(F)c2)n1. The summed E-state index contributed by atoms with van der Waals surface area (Å²) in [5, 5.41) is 10.8. The van der Waals surface area contributed by atoms with Crippen molar-refractivity contribution in [2.45, 2.75) is 6.54 Å². The summed E-state index contributed by atoms with van der Waals surface area (Å²) in [6.45, 7) is 0.365. The average Bonchev–Trinajstić information content (AvgIpc) is 3.06. The van der Waals surface area contributed by atoms with Crippen LogP contribution < -0.4 is 5.32 Å². The Balaban J connectivity index is 1.71. The lowest BCUT2D eigenvalue weighted by Crippen LogP contribution is -2.18. The number of aromatic nitrogens is 5. The molecule has 0 saturated heterocycles. The molecular weight excluding hydrogens is 414 g/mol. The van der Waals surface area contributed by atoms with E-state index in [1.807, 2.05) is 22.6 Å². The number of nitrogens with one attached hydrogen (secondary N) is 1. The van der Waals surface area contributed by atoms with Crippen LogP contribution in [0.25, 0.3) is 0 Å². The summed E-state index contributed by atoms with van der Waals surface area (Å²) in [6, 6.07) is 6.24. The molecule has 3 aromatic rings. The van der Waals surface area contributed by atoms with Crippen LogP contribution in [-0.4, -0.2) is 30.5 Å². The molecule has 1 N–H and O–H groups in total. The van der Waals surface area contributed by atoms with Crippen molar-refractivity contribution in [3.8, 4) is 0 Å². The standard InChI is InChI=1S/C14H12FIN6O/c1-21-12(11(16)6-18-21)13(23)19-14-17-8-22(20-14)7-9-3-2-4-10(15)5-9/h2-6,8H,7H2,1H3,(H,19,20,23). The smallest absolute Gasteiger partial charge is 0.277 e. The molecule has 1 amide bonds. The maximum Gasteiger partial charge on any atom is 0.277 e. The average molecular weight is 426 g/mol. The highest BCUT2D eigenvalue weighted by Gasteiger charge is 2.16. The molecule has 0 radical (unpaired) electrons. The number of rotatable bonds is 4. The minimum absolute atomic E-state index is 0.184. The normalized spacial score (nSPS) is 10.7. The van der Waals surface area contributed by atoms with E-state index < -0.39 is 0 Å². The summed E-state index contributed by atoms with van der Waals surface area (Å²) < 4.78 is 16.9. The van der Waals surface area contributed by atoms with E-state index in [1.165, 1.54) is 27.8 Å². The highest BCUT2D eigenvalue weighted by molar-refractivity contribution is 14.1. The molecule has 7 nitrogen and oxygen atoms in total. The van der Waals surface area contributed by atoms with Gasteiger partial charge in [-0.3, -0.25) is 14.8 Å². The van der Waals surface area contributed by atoms with Gasteiger partial charge in [0.2, 0.25) is 5.95 Å². The molecule has 0 fully saturated rings. The number of benzene rings is 1. The lowest BCUT2D eigenvalue weighted by Gasteiger charge is -2.03. The molecule has 0 spiro atoms. The summed E-state index contributed by atoms with van der Waals surface area (Å²) >= 11 is 2.04. The fourth-order valence-electron chi connectivity index (χ4n) is 2.08. The molecule has 0 aliphatic carbocycles. The second-order valence-electron chi connectivity index (χ2n) is 4.81. The molecule has 23 heavy (non-hydrogen) atoms. The molecule has 0 aliphatic heterocycles. The Kier molecular flexibility index (Phi) is 4.37. The van der Waals surface area contributed by atoms with Crippen molar-refractivity contribution in [2.24, 2.45) is 7.05 Å². The van der Waals surface area contributed by atoms with Gasteiger partial charge >= 0.3 is 0 Å². The van der Waals surface area contributed by atoms with Crippen LogP contribution in [0.5, 0.6) is 0 Å². The van der Waals surface area contributed by atoms with Crippen molar-refractivity contribution in [1.82, 2.24) is 24.5 Å². The summed E-state index contributed by atoms with van der Waals surface area (Å²) in [7, 11) is 1.69. The number of nitrogens with zero attached hydrogens (tertiary/aromatic N) is 5. The Bertz CT molecular complexity index is 839. The van der Waals surface area contributed by atoms with Crippen LogP contribution in [0.2, 0.25) is 0 Å². The van der Waals surface area contributed by atoms with Gasteiger partial charge in [0.1, 0.15) is 17.8 Å². The van der Waals surface area contributed by atoms with Crippen molar-refractivity contribution >= 4 is 34.4 Å². The zero-order valence-corrected chi connectivity index (χ0v) is 14.2. The van der Waals surface area contributed by atoms with Gasteiger partial charge in [-0.1, -0.05) is 12.1 Å². The number of hydrogen-bond acceptors (Lipinski definition) is 4. The van der Waals surface area contributed by atoms with Gasteiger partial charge in [-0.25, -0.2) is 14.1 Å². The monoisotopic (exact) mass is 426 g/mol. The second-order valence-corrected chi connectivity index (χ2v) is 5.98. The van der Waals surface area contributed by atoms with Crippen LogP contribution in [0.3, 0.4) is 0 Å². The molecule has 0 saturated carbocycles. The van der Waals surface area contributed by atoms with Gasteiger partial charge in [0.25, 0.3) is 5.91 Å². The molecule has 2 heterocycles. The highest BCUT2D eigenvalue weighted by Crippen LogP contribution is 2.12. The molecule has 0 atom stereocenters. The van der Waals surface area contributed by atoms with Crippen LogP contribution in [0.1, 0.15) is 16.1 Å².